The summed E-state index contributed by atoms with van der Waals surface area (Å²) in [6, 6.07) is 0. The highest BCUT2D eigenvalue weighted by Gasteiger charge is 2.28. The van der Waals surface area contributed by atoms with Gasteiger partial charge in [0.25, 0.3) is 0 Å². The van der Waals surface area contributed by atoms with Crippen LogP contribution in [0.4, 0.5) is 0 Å². The molecule has 0 bridgehead atoms. The van der Waals surface area contributed by atoms with E-state index in [0.717, 1.165) is 32.4 Å². The lowest BCUT2D eigenvalue weighted by Gasteiger charge is -2.28. The first-order chi connectivity index (χ1) is 6.41. The fourth-order valence-corrected chi connectivity index (χ4v) is 1.99. The number of hydrogen-bond donors (Lipinski definition) is 0. The average Bonchev–Trinajstić information content (AvgIpc) is 2.27. The Hall–Kier alpha value is -0.240. The Labute approximate surface area is 91.6 Å². The van der Waals surface area contributed by atoms with Gasteiger partial charge in [-0.2, -0.15) is 0 Å². The largest absolute Gasteiger partial charge is 0.342 e. The molecule has 1 aliphatic heterocycles. The third-order valence-corrected chi connectivity index (χ3v) is 3.02. The smallest absolute Gasteiger partial charge is 0.227 e. The summed E-state index contributed by atoms with van der Waals surface area (Å²) in [5.41, 5.74) is -0.258. The predicted octanol–water partition coefficient (Wildman–Crippen LogP) is 2.65. The van der Waals surface area contributed by atoms with Crippen LogP contribution in [-0.2, 0) is 4.79 Å². The van der Waals surface area contributed by atoms with Crippen LogP contribution in [0.25, 0.3) is 0 Å². The van der Waals surface area contributed by atoms with Crippen molar-refractivity contribution in [1.82, 2.24) is 4.90 Å². The molecule has 1 atom stereocenters. The van der Waals surface area contributed by atoms with Gasteiger partial charge in [0.2, 0.25) is 5.91 Å². The number of nitrogens with zero attached hydrogens (tertiary/aromatic N) is 1. The zero-order valence-corrected chi connectivity index (χ0v) is 10.1. The Balaban J connectivity index is 2.56. The molecule has 14 heavy (non-hydrogen) atoms. The van der Waals surface area contributed by atoms with E-state index in [4.69, 9.17) is 11.6 Å². The van der Waals surface area contributed by atoms with Crippen molar-refractivity contribution in [1.29, 1.82) is 0 Å². The lowest BCUT2D eigenvalue weighted by atomic mass is 9.94. The van der Waals surface area contributed by atoms with E-state index in [2.05, 4.69) is 0 Å². The summed E-state index contributed by atoms with van der Waals surface area (Å²) in [5, 5.41) is 0.257. The third-order valence-electron chi connectivity index (χ3n) is 2.59. The van der Waals surface area contributed by atoms with Gasteiger partial charge in [-0.1, -0.05) is 20.8 Å². The third kappa shape index (κ3) is 3.16. The van der Waals surface area contributed by atoms with Crippen LogP contribution >= 0.6 is 11.6 Å². The minimum absolute atomic E-state index is 0.253. The van der Waals surface area contributed by atoms with Gasteiger partial charge in [-0.3, -0.25) is 4.79 Å². The molecule has 1 amide bonds. The summed E-state index contributed by atoms with van der Waals surface area (Å²) >= 11 is 6.07. The van der Waals surface area contributed by atoms with E-state index < -0.39 is 0 Å². The van der Waals surface area contributed by atoms with Crippen LogP contribution in [0, 0.1) is 5.41 Å². The molecule has 0 aromatic carbocycles. The van der Waals surface area contributed by atoms with Crippen molar-refractivity contribution in [2.24, 2.45) is 5.41 Å². The monoisotopic (exact) mass is 217 g/mol. The maximum atomic E-state index is 12.0. The summed E-state index contributed by atoms with van der Waals surface area (Å²) < 4.78 is 0. The van der Waals surface area contributed by atoms with E-state index in [-0.39, 0.29) is 16.7 Å². The summed E-state index contributed by atoms with van der Waals surface area (Å²) in [7, 11) is 0. The second kappa shape index (κ2) is 4.52. The number of alkyl halides is 1. The molecule has 0 saturated carbocycles. The SMILES string of the molecule is CC(C)(C)C(=O)N1CCCC(Cl)CC1. The highest BCUT2D eigenvalue weighted by Crippen LogP contribution is 2.22. The molecule has 0 N–H and O–H groups in total. The molecule has 1 saturated heterocycles. The number of carbonyl (C=O) groups excluding carboxylic acids is 1. The molecule has 1 rings (SSSR count). The van der Waals surface area contributed by atoms with Crippen LogP contribution < -0.4 is 0 Å². The fourth-order valence-electron chi connectivity index (χ4n) is 1.73. The molecule has 82 valence electrons. The van der Waals surface area contributed by atoms with Crippen molar-refractivity contribution < 1.29 is 4.79 Å². The second-order valence-electron chi connectivity index (χ2n) is 5.07. The van der Waals surface area contributed by atoms with Gasteiger partial charge in [-0.05, 0) is 19.3 Å². The molecule has 3 heteroatoms. The van der Waals surface area contributed by atoms with Crippen LogP contribution in [0.3, 0.4) is 0 Å². The zero-order valence-electron chi connectivity index (χ0n) is 9.35. The van der Waals surface area contributed by atoms with E-state index >= 15 is 0 Å². The maximum absolute atomic E-state index is 12.0. The van der Waals surface area contributed by atoms with Crippen LogP contribution in [0.5, 0.6) is 0 Å². The first-order valence-corrected chi connectivity index (χ1v) is 5.78. The molecule has 2 nitrogen and oxygen atoms in total. The maximum Gasteiger partial charge on any atom is 0.227 e. The minimum Gasteiger partial charge on any atom is -0.342 e. The first kappa shape index (κ1) is 11.8. The molecule has 0 aliphatic carbocycles. The Morgan fingerprint density at radius 1 is 1.29 bits per heavy atom. The topological polar surface area (TPSA) is 20.3 Å². The highest BCUT2D eigenvalue weighted by molar-refractivity contribution is 6.20. The number of amides is 1. The van der Waals surface area contributed by atoms with Crippen LogP contribution in [0.1, 0.15) is 40.0 Å². The fraction of sp³-hybridized carbons (Fsp3) is 0.909. The van der Waals surface area contributed by atoms with Crippen molar-refractivity contribution in [3.63, 3.8) is 0 Å². The predicted molar refractivity (Wildman–Crippen MR) is 59.5 cm³/mol. The van der Waals surface area contributed by atoms with E-state index in [1.54, 1.807) is 0 Å². The van der Waals surface area contributed by atoms with Gasteiger partial charge in [-0.15, -0.1) is 11.6 Å². The van der Waals surface area contributed by atoms with Crippen LogP contribution in [0.15, 0.2) is 0 Å². The summed E-state index contributed by atoms with van der Waals surface area (Å²) in [5.74, 6) is 0.253. The molecule has 0 radical (unpaired) electrons. The number of carbonyl (C=O) groups is 1. The molecule has 0 aromatic rings. The molecule has 1 aliphatic rings. The lowest BCUT2D eigenvalue weighted by Crippen LogP contribution is -2.40. The number of halogens is 1. The van der Waals surface area contributed by atoms with Crippen molar-refractivity contribution >= 4 is 17.5 Å². The Morgan fingerprint density at radius 3 is 2.50 bits per heavy atom. The second-order valence-corrected chi connectivity index (χ2v) is 5.69. The Kier molecular flexibility index (Phi) is 3.82. The molecular weight excluding hydrogens is 198 g/mol. The summed E-state index contributed by atoms with van der Waals surface area (Å²) in [6.45, 7) is 7.61. The van der Waals surface area contributed by atoms with Gasteiger partial charge in [-0.25, -0.2) is 0 Å². The van der Waals surface area contributed by atoms with Crippen molar-refractivity contribution in [3.8, 4) is 0 Å². The van der Waals surface area contributed by atoms with Crippen molar-refractivity contribution in [3.05, 3.63) is 0 Å². The molecule has 0 aromatic heterocycles. The normalized spacial score (nSPS) is 24.6. The van der Waals surface area contributed by atoms with Crippen LogP contribution in [-0.4, -0.2) is 29.3 Å². The zero-order chi connectivity index (χ0) is 10.8. The molecule has 1 heterocycles. The Bertz CT molecular complexity index is 210. The first-order valence-electron chi connectivity index (χ1n) is 5.34. The van der Waals surface area contributed by atoms with Crippen LogP contribution in [0.2, 0.25) is 0 Å². The number of hydrogen-bond acceptors (Lipinski definition) is 1. The number of rotatable bonds is 0. The standard InChI is InChI=1S/C11H20ClNO/c1-11(2,3)10(14)13-7-4-5-9(12)6-8-13/h9H,4-8H2,1-3H3. The summed E-state index contributed by atoms with van der Waals surface area (Å²) in [6.07, 6.45) is 3.01. The van der Waals surface area contributed by atoms with Gasteiger partial charge < -0.3 is 4.90 Å². The molecular formula is C11H20ClNO. The average molecular weight is 218 g/mol. The lowest BCUT2D eigenvalue weighted by molar-refractivity contribution is -0.139. The van der Waals surface area contributed by atoms with E-state index in [9.17, 15) is 4.79 Å². The van der Waals surface area contributed by atoms with Crippen molar-refractivity contribution in [2.75, 3.05) is 13.1 Å². The minimum atomic E-state index is -0.258. The number of likely N-dealkylation sites (tertiary alicyclic amines) is 1. The van der Waals surface area contributed by atoms with Gasteiger partial charge in [0.15, 0.2) is 0 Å². The van der Waals surface area contributed by atoms with Gasteiger partial charge in [0.1, 0.15) is 0 Å². The highest BCUT2D eigenvalue weighted by atomic mass is 35.5. The quantitative estimate of drug-likeness (QED) is 0.572. The van der Waals surface area contributed by atoms with E-state index in [1.807, 2.05) is 25.7 Å². The molecule has 1 fully saturated rings. The van der Waals surface area contributed by atoms with E-state index in [0.29, 0.717) is 0 Å². The Morgan fingerprint density at radius 2 is 1.93 bits per heavy atom. The van der Waals surface area contributed by atoms with Gasteiger partial charge >= 0.3 is 0 Å². The summed E-state index contributed by atoms with van der Waals surface area (Å²) in [4.78, 5) is 13.9. The van der Waals surface area contributed by atoms with Gasteiger partial charge in [0.05, 0.1) is 0 Å². The molecule has 0 spiro atoms. The van der Waals surface area contributed by atoms with Gasteiger partial charge in [0, 0.05) is 23.9 Å². The van der Waals surface area contributed by atoms with Crippen molar-refractivity contribution in [2.45, 2.75) is 45.4 Å². The van der Waals surface area contributed by atoms with E-state index in [1.165, 1.54) is 0 Å². The molecule has 1 unspecified atom stereocenters.